The predicted molar refractivity (Wildman–Crippen MR) is 98.2 cm³/mol. The van der Waals surface area contributed by atoms with E-state index in [0.717, 1.165) is 15.4 Å². The fraction of sp³-hybridized carbons (Fsp3) is 0.353. The van der Waals surface area contributed by atoms with E-state index < -0.39 is 5.54 Å². The standard InChI is InChI=1S/C17H20BrN5O2/c1-17(2,16-20-14(25-22-16)9-23(3)4)21-15(24)13-7-10-5-6-11(18)8-12(10)19-13/h5-8,19H,9H2,1-4H3,(H,21,24). The molecule has 132 valence electrons. The number of hydrogen-bond acceptors (Lipinski definition) is 5. The van der Waals surface area contributed by atoms with Crippen LogP contribution in [-0.4, -0.2) is 40.0 Å². The Bertz CT molecular complexity index is 913. The molecule has 25 heavy (non-hydrogen) atoms. The lowest BCUT2D eigenvalue weighted by Crippen LogP contribution is -2.42. The zero-order valence-corrected chi connectivity index (χ0v) is 16.1. The Kier molecular flexibility index (Phi) is 4.66. The first-order chi connectivity index (χ1) is 11.7. The molecule has 0 aliphatic rings. The average Bonchev–Trinajstić information content (AvgIpc) is 3.12. The van der Waals surface area contributed by atoms with E-state index in [4.69, 9.17) is 4.52 Å². The van der Waals surface area contributed by atoms with Crippen LogP contribution in [0.15, 0.2) is 33.3 Å². The van der Waals surface area contributed by atoms with Crippen molar-refractivity contribution in [2.24, 2.45) is 0 Å². The first kappa shape index (κ1) is 17.6. The lowest BCUT2D eigenvalue weighted by molar-refractivity contribution is 0.0903. The molecule has 3 aromatic rings. The topological polar surface area (TPSA) is 87.0 Å². The third-order valence-electron chi connectivity index (χ3n) is 3.73. The third-order valence-corrected chi connectivity index (χ3v) is 4.23. The number of H-pyrrole nitrogens is 1. The summed E-state index contributed by atoms with van der Waals surface area (Å²) in [5, 5.41) is 7.92. The van der Waals surface area contributed by atoms with Gasteiger partial charge in [-0.1, -0.05) is 27.2 Å². The first-order valence-corrected chi connectivity index (χ1v) is 8.62. The molecule has 0 aliphatic carbocycles. The molecular formula is C17H20BrN5O2. The summed E-state index contributed by atoms with van der Waals surface area (Å²) in [5.74, 6) is 0.727. The molecule has 0 bridgehead atoms. The van der Waals surface area contributed by atoms with Crippen molar-refractivity contribution < 1.29 is 9.32 Å². The highest BCUT2D eigenvalue weighted by Crippen LogP contribution is 2.22. The molecule has 0 saturated heterocycles. The van der Waals surface area contributed by atoms with Crippen molar-refractivity contribution in [3.63, 3.8) is 0 Å². The molecular weight excluding hydrogens is 386 g/mol. The molecule has 0 radical (unpaired) electrons. The van der Waals surface area contributed by atoms with Gasteiger partial charge < -0.3 is 19.7 Å². The number of halogens is 1. The Hall–Kier alpha value is -2.19. The Morgan fingerprint density at radius 2 is 2.12 bits per heavy atom. The van der Waals surface area contributed by atoms with Gasteiger partial charge in [0.15, 0.2) is 5.82 Å². The van der Waals surface area contributed by atoms with Gasteiger partial charge in [0, 0.05) is 15.4 Å². The number of amides is 1. The van der Waals surface area contributed by atoms with Crippen molar-refractivity contribution in [1.82, 2.24) is 25.3 Å². The van der Waals surface area contributed by atoms with Crippen LogP contribution in [0.5, 0.6) is 0 Å². The SMILES string of the molecule is CN(C)Cc1nc(C(C)(C)NC(=O)c2cc3ccc(Br)cc3[nH]2)no1. The van der Waals surface area contributed by atoms with E-state index in [1.807, 2.05) is 57.1 Å². The van der Waals surface area contributed by atoms with Gasteiger partial charge in [-0.3, -0.25) is 4.79 Å². The minimum absolute atomic E-state index is 0.226. The van der Waals surface area contributed by atoms with E-state index in [-0.39, 0.29) is 5.91 Å². The number of fused-ring (bicyclic) bond motifs is 1. The maximum Gasteiger partial charge on any atom is 0.268 e. The van der Waals surface area contributed by atoms with Gasteiger partial charge in [-0.15, -0.1) is 0 Å². The maximum atomic E-state index is 12.6. The molecule has 2 aromatic heterocycles. The summed E-state index contributed by atoms with van der Waals surface area (Å²) in [6, 6.07) is 7.64. The van der Waals surface area contributed by atoms with Gasteiger partial charge in [0.05, 0.1) is 12.1 Å². The highest BCUT2D eigenvalue weighted by molar-refractivity contribution is 9.10. The Morgan fingerprint density at radius 3 is 2.84 bits per heavy atom. The van der Waals surface area contributed by atoms with Crippen LogP contribution in [0.3, 0.4) is 0 Å². The van der Waals surface area contributed by atoms with E-state index in [1.54, 1.807) is 0 Å². The number of benzene rings is 1. The first-order valence-electron chi connectivity index (χ1n) is 7.83. The maximum absolute atomic E-state index is 12.6. The number of carbonyl (C=O) groups is 1. The lowest BCUT2D eigenvalue weighted by atomic mass is 10.0. The van der Waals surface area contributed by atoms with Gasteiger partial charge >= 0.3 is 0 Å². The van der Waals surface area contributed by atoms with Gasteiger partial charge in [-0.25, -0.2) is 0 Å². The minimum Gasteiger partial charge on any atom is -0.350 e. The second-order valence-electron chi connectivity index (χ2n) is 6.74. The van der Waals surface area contributed by atoms with Crippen LogP contribution >= 0.6 is 15.9 Å². The van der Waals surface area contributed by atoms with Gasteiger partial charge in [0.2, 0.25) is 5.89 Å². The number of nitrogens with zero attached hydrogens (tertiary/aromatic N) is 3. The van der Waals surface area contributed by atoms with Crippen LogP contribution in [0, 0.1) is 0 Å². The number of rotatable bonds is 5. The van der Waals surface area contributed by atoms with Gasteiger partial charge in [-0.2, -0.15) is 4.98 Å². The molecule has 2 N–H and O–H groups in total. The predicted octanol–water partition coefficient (Wildman–Crippen LogP) is 3.04. The highest BCUT2D eigenvalue weighted by atomic mass is 79.9. The Balaban J connectivity index is 1.78. The summed E-state index contributed by atoms with van der Waals surface area (Å²) >= 11 is 3.43. The van der Waals surface area contributed by atoms with Crippen molar-refractivity contribution in [2.75, 3.05) is 14.1 Å². The third kappa shape index (κ3) is 3.91. The van der Waals surface area contributed by atoms with E-state index in [9.17, 15) is 4.79 Å². The summed E-state index contributed by atoms with van der Waals surface area (Å²) in [4.78, 5) is 22.1. The van der Waals surface area contributed by atoms with Gasteiger partial charge in [0.25, 0.3) is 5.91 Å². The Morgan fingerprint density at radius 1 is 1.36 bits per heavy atom. The molecule has 1 aromatic carbocycles. The molecule has 8 heteroatoms. The van der Waals surface area contributed by atoms with Crippen LogP contribution < -0.4 is 5.32 Å². The van der Waals surface area contributed by atoms with Crippen molar-refractivity contribution in [1.29, 1.82) is 0 Å². The van der Waals surface area contributed by atoms with Gasteiger partial charge in [-0.05, 0) is 46.1 Å². The molecule has 0 unspecified atom stereocenters. The van der Waals surface area contributed by atoms with Crippen LogP contribution in [0.2, 0.25) is 0 Å². The van der Waals surface area contributed by atoms with Crippen LogP contribution in [0.4, 0.5) is 0 Å². The van der Waals surface area contributed by atoms with Crippen molar-refractivity contribution in [3.8, 4) is 0 Å². The fourth-order valence-corrected chi connectivity index (χ4v) is 2.83. The summed E-state index contributed by atoms with van der Waals surface area (Å²) in [7, 11) is 3.84. The van der Waals surface area contributed by atoms with Crippen LogP contribution in [0.1, 0.15) is 36.1 Å². The van der Waals surface area contributed by atoms with Gasteiger partial charge in [0.1, 0.15) is 5.69 Å². The molecule has 1 amide bonds. The van der Waals surface area contributed by atoms with Crippen LogP contribution in [-0.2, 0) is 12.1 Å². The molecule has 0 aliphatic heterocycles. The quantitative estimate of drug-likeness (QED) is 0.680. The number of carbonyl (C=O) groups excluding carboxylic acids is 1. The second-order valence-corrected chi connectivity index (χ2v) is 7.66. The molecule has 2 heterocycles. The van der Waals surface area contributed by atoms with E-state index in [1.165, 1.54) is 0 Å². The fourth-order valence-electron chi connectivity index (χ4n) is 2.47. The smallest absolute Gasteiger partial charge is 0.268 e. The summed E-state index contributed by atoms with van der Waals surface area (Å²) in [6.07, 6.45) is 0. The Labute approximate surface area is 153 Å². The summed E-state index contributed by atoms with van der Waals surface area (Å²) in [5.41, 5.74) is 0.617. The van der Waals surface area contributed by atoms with Crippen LogP contribution in [0.25, 0.3) is 10.9 Å². The summed E-state index contributed by atoms with van der Waals surface area (Å²) in [6.45, 7) is 4.23. The van der Waals surface area contributed by atoms with E-state index in [0.29, 0.717) is 24.0 Å². The zero-order valence-electron chi connectivity index (χ0n) is 14.6. The number of nitrogens with one attached hydrogen (secondary N) is 2. The highest BCUT2D eigenvalue weighted by Gasteiger charge is 2.29. The van der Waals surface area contributed by atoms with Crippen molar-refractivity contribution >= 4 is 32.7 Å². The molecule has 0 saturated carbocycles. The number of aromatic nitrogens is 3. The summed E-state index contributed by atoms with van der Waals surface area (Å²) < 4.78 is 6.20. The monoisotopic (exact) mass is 405 g/mol. The molecule has 0 fully saturated rings. The van der Waals surface area contributed by atoms with E-state index in [2.05, 4.69) is 36.4 Å². The molecule has 0 atom stereocenters. The minimum atomic E-state index is -0.761. The van der Waals surface area contributed by atoms with E-state index >= 15 is 0 Å². The lowest BCUT2D eigenvalue weighted by Gasteiger charge is -2.21. The molecule has 0 spiro atoms. The second kappa shape index (κ2) is 6.61. The number of hydrogen-bond donors (Lipinski definition) is 2. The van der Waals surface area contributed by atoms with Crippen molar-refractivity contribution in [2.45, 2.75) is 25.9 Å². The largest absolute Gasteiger partial charge is 0.350 e. The molecule has 3 rings (SSSR count). The number of aromatic amines is 1. The average molecular weight is 406 g/mol. The van der Waals surface area contributed by atoms with Crippen molar-refractivity contribution in [3.05, 3.63) is 46.1 Å². The molecule has 7 nitrogen and oxygen atoms in total. The normalized spacial score (nSPS) is 12.1. The zero-order chi connectivity index (χ0) is 18.2.